The van der Waals surface area contributed by atoms with Crippen LogP contribution in [-0.2, 0) is 22.4 Å². The van der Waals surface area contributed by atoms with Crippen LogP contribution < -0.4 is 0 Å². The van der Waals surface area contributed by atoms with E-state index in [0.29, 0.717) is 12.8 Å². The maximum Gasteiger partial charge on any atom is 0.303 e. The highest BCUT2D eigenvalue weighted by Crippen LogP contribution is 2.29. The van der Waals surface area contributed by atoms with Crippen LogP contribution in [0.2, 0.25) is 0 Å². The molecule has 0 aliphatic heterocycles. The fraction of sp³-hybridized carbons (Fsp3) is 0.161. The van der Waals surface area contributed by atoms with E-state index < -0.39 is 5.97 Å². The van der Waals surface area contributed by atoms with Crippen molar-refractivity contribution in [3.63, 3.8) is 0 Å². The summed E-state index contributed by atoms with van der Waals surface area (Å²) in [4.78, 5) is 21.4. The molecule has 0 aliphatic rings. The molecule has 0 amide bonds. The highest BCUT2D eigenvalue weighted by Gasteiger charge is 2.07. The van der Waals surface area contributed by atoms with Gasteiger partial charge in [0.05, 0.1) is 0 Å². The van der Waals surface area contributed by atoms with Crippen LogP contribution in [0.4, 0.5) is 0 Å². The Morgan fingerprint density at radius 3 is 1.97 bits per heavy atom. The van der Waals surface area contributed by atoms with Gasteiger partial charge in [0.2, 0.25) is 0 Å². The molecular formula is C31H30O4S. The molecule has 0 bridgehead atoms. The SMILES string of the molecule is CC.O=C(O)CCc1ccc2oc3ccccc3c2c1.O=C(S)Cc1ccc(-c2ccccc2)cc1. The minimum atomic E-state index is -0.771. The van der Waals surface area contributed by atoms with Gasteiger partial charge in [-0.3, -0.25) is 9.59 Å². The first kappa shape index (κ1) is 26.8. The number of hydrogen-bond acceptors (Lipinski definition) is 3. The van der Waals surface area contributed by atoms with Crippen LogP contribution >= 0.6 is 12.6 Å². The van der Waals surface area contributed by atoms with Crippen molar-refractivity contribution >= 4 is 45.7 Å². The third-order valence-corrected chi connectivity index (χ3v) is 5.64. The van der Waals surface area contributed by atoms with Crippen molar-refractivity contribution in [2.75, 3.05) is 0 Å². The van der Waals surface area contributed by atoms with Crippen molar-refractivity contribution in [2.45, 2.75) is 33.1 Å². The van der Waals surface area contributed by atoms with Crippen LogP contribution in [0.1, 0.15) is 31.4 Å². The third kappa shape index (κ3) is 7.33. The molecule has 0 saturated carbocycles. The van der Waals surface area contributed by atoms with E-state index in [1.54, 1.807) is 0 Å². The molecule has 5 heteroatoms. The molecule has 0 fully saturated rings. The molecule has 1 aromatic heterocycles. The zero-order valence-corrected chi connectivity index (χ0v) is 21.4. The second-order valence-electron chi connectivity index (χ2n) is 7.96. The van der Waals surface area contributed by atoms with E-state index in [-0.39, 0.29) is 11.5 Å². The molecule has 4 nitrogen and oxygen atoms in total. The second-order valence-corrected chi connectivity index (χ2v) is 8.45. The third-order valence-electron chi connectivity index (χ3n) is 5.49. The number of aliphatic carboxylic acids is 1. The van der Waals surface area contributed by atoms with E-state index in [1.807, 2.05) is 98.8 Å². The summed E-state index contributed by atoms with van der Waals surface area (Å²) in [7, 11) is 0. The quantitative estimate of drug-likeness (QED) is 0.233. The summed E-state index contributed by atoms with van der Waals surface area (Å²) in [6.45, 7) is 4.00. The summed E-state index contributed by atoms with van der Waals surface area (Å²) in [5.74, 6) is -0.771. The van der Waals surface area contributed by atoms with Gasteiger partial charge < -0.3 is 9.52 Å². The first-order valence-corrected chi connectivity index (χ1v) is 12.4. The van der Waals surface area contributed by atoms with E-state index in [0.717, 1.165) is 38.6 Å². The number of carbonyl (C=O) groups excluding carboxylic acids is 1. The molecule has 0 unspecified atom stereocenters. The zero-order chi connectivity index (χ0) is 25.9. The molecule has 0 spiro atoms. The lowest BCUT2D eigenvalue weighted by Gasteiger charge is -2.02. The molecule has 184 valence electrons. The van der Waals surface area contributed by atoms with Gasteiger partial charge >= 0.3 is 5.97 Å². The van der Waals surface area contributed by atoms with Crippen molar-refractivity contribution in [3.05, 3.63) is 108 Å². The second kappa shape index (κ2) is 13.3. The molecule has 5 aromatic rings. The highest BCUT2D eigenvalue weighted by atomic mass is 32.1. The number of thiol groups is 1. The molecule has 36 heavy (non-hydrogen) atoms. The van der Waals surface area contributed by atoms with Crippen molar-refractivity contribution < 1.29 is 19.1 Å². The summed E-state index contributed by atoms with van der Waals surface area (Å²) in [6, 6.07) is 31.9. The topological polar surface area (TPSA) is 67.5 Å². The Bertz CT molecular complexity index is 1420. The number of aryl methyl sites for hydroxylation is 1. The molecule has 0 atom stereocenters. The van der Waals surface area contributed by atoms with Gasteiger partial charge in [0, 0.05) is 23.6 Å². The minimum absolute atomic E-state index is 0.104. The number of para-hydroxylation sites is 1. The maximum absolute atomic E-state index is 10.8. The van der Waals surface area contributed by atoms with E-state index >= 15 is 0 Å². The fourth-order valence-electron chi connectivity index (χ4n) is 3.80. The van der Waals surface area contributed by atoms with Crippen LogP contribution in [0.15, 0.2) is 101 Å². The molecule has 1 N–H and O–H groups in total. The van der Waals surface area contributed by atoms with Gasteiger partial charge in [0.15, 0.2) is 5.12 Å². The van der Waals surface area contributed by atoms with Crippen LogP contribution in [0.5, 0.6) is 0 Å². The van der Waals surface area contributed by atoms with Crippen molar-refractivity contribution in [2.24, 2.45) is 0 Å². The Labute approximate surface area is 217 Å². The Hall–Kier alpha value is -3.83. The van der Waals surface area contributed by atoms with Gasteiger partial charge in [-0.1, -0.05) is 92.7 Å². The molecule has 5 rings (SSSR count). The molecule has 0 aliphatic carbocycles. The number of carboxylic acids is 1. The number of fused-ring (bicyclic) bond motifs is 3. The summed E-state index contributed by atoms with van der Waals surface area (Å²) in [5, 5.41) is 10.7. The summed E-state index contributed by atoms with van der Waals surface area (Å²) in [6.07, 6.45) is 1.09. The van der Waals surface area contributed by atoms with Crippen LogP contribution in [0, 0.1) is 0 Å². The monoisotopic (exact) mass is 498 g/mol. The number of benzene rings is 4. The Kier molecular flexibility index (Phi) is 9.90. The molecule has 4 aromatic carbocycles. The van der Waals surface area contributed by atoms with E-state index in [4.69, 9.17) is 9.52 Å². The zero-order valence-electron chi connectivity index (χ0n) is 20.5. The van der Waals surface area contributed by atoms with Crippen molar-refractivity contribution in [1.82, 2.24) is 0 Å². The van der Waals surface area contributed by atoms with Gasteiger partial charge in [-0.05, 0) is 46.9 Å². The fourth-order valence-corrected chi connectivity index (χ4v) is 3.98. The summed E-state index contributed by atoms with van der Waals surface area (Å²) < 4.78 is 5.72. The predicted octanol–water partition coefficient (Wildman–Crippen LogP) is 7.98. The van der Waals surface area contributed by atoms with Crippen LogP contribution in [-0.4, -0.2) is 16.2 Å². The Balaban J connectivity index is 0.000000189. The largest absolute Gasteiger partial charge is 0.481 e. The van der Waals surface area contributed by atoms with Gasteiger partial charge in [0.25, 0.3) is 0 Å². The lowest BCUT2D eigenvalue weighted by atomic mass is 10.0. The molecule has 0 radical (unpaired) electrons. The maximum atomic E-state index is 10.8. The van der Waals surface area contributed by atoms with Gasteiger partial charge in [-0.25, -0.2) is 0 Å². The highest BCUT2D eigenvalue weighted by molar-refractivity contribution is 7.96. The number of carboxylic acid groups (broad SMARTS) is 1. The minimum Gasteiger partial charge on any atom is -0.481 e. The van der Waals surface area contributed by atoms with E-state index in [1.165, 1.54) is 5.56 Å². The summed E-state index contributed by atoms with van der Waals surface area (Å²) >= 11 is 3.77. The predicted molar refractivity (Wildman–Crippen MR) is 151 cm³/mol. The van der Waals surface area contributed by atoms with Crippen molar-refractivity contribution in [1.29, 1.82) is 0 Å². The molecule has 1 heterocycles. The number of carbonyl (C=O) groups is 2. The van der Waals surface area contributed by atoms with Gasteiger partial charge in [-0.2, -0.15) is 0 Å². The average molecular weight is 499 g/mol. The van der Waals surface area contributed by atoms with Crippen molar-refractivity contribution in [3.8, 4) is 11.1 Å². The first-order chi connectivity index (χ1) is 17.5. The Morgan fingerprint density at radius 2 is 1.31 bits per heavy atom. The Morgan fingerprint density at radius 1 is 0.722 bits per heavy atom. The lowest BCUT2D eigenvalue weighted by molar-refractivity contribution is -0.137. The number of hydrogen-bond donors (Lipinski definition) is 2. The van der Waals surface area contributed by atoms with E-state index in [2.05, 4.69) is 24.8 Å². The standard InChI is InChI=1S/C15H12O3.C14H12OS.C2H6/c16-15(17)8-6-10-5-7-14-12(9-10)11-3-1-2-4-13(11)18-14;15-14(16)10-11-6-8-13(9-7-11)12-4-2-1-3-5-12;1-2/h1-5,7,9H,6,8H2,(H,16,17);1-9H,10H2,(H,15,16);1-2H3. The van der Waals surface area contributed by atoms with Crippen LogP contribution in [0.3, 0.4) is 0 Å². The normalized spacial score (nSPS) is 10.2. The number of furan rings is 1. The molecular weight excluding hydrogens is 468 g/mol. The number of rotatable bonds is 6. The average Bonchev–Trinajstić information content (AvgIpc) is 3.28. The van der Waals surface area contributed by atoms with Gasteiger partial charge in [0.1, 0.15) is 11.2 Å². The van der Waals surface area contributed by atoms with Gasteiger partial charge in [-0.15, -0.1) is 12.6 Å². The van der Waals surface area contributed by atoms with E-state index in [9.17, 15) is 9.59 Å². The first-order valence-electron chi connectivity index (χ1n) is 12.0. The molecule has 0 saturated heterocycles. The smallest absolute Gasteiger partial charge is 0.303 e. The lowest BCUT2D eigenvalue weighted by Crippen LogP contribution is -1.96. The summed E-state index contributed by atoms with van der Waals surface area (Å²) in [5.41, 5.74) is 6.08. The van der Waals surface area contributed by atoms with Crippen LogP contribution in [0.25, 0.3) is 33.1 Å².